The molecule has 0 spiro atoms. The van der Waals surface area contributed by atoms with Gasteiger partial charge in [-0.15, -0.1) is 0 Å². The van der Waals surface area contributed by atoms with Crippen molar-refractivity contribution in [2.24, 2.45) is 0 Å². The molecule has 0 aromatic heterocycles. The Hall–Kier alpha value is -0.160. The van der Waals surface area contributed by atoms with E-state index in [-0.39, 0.29) is 0 Å². The Bertz CT molecular complexity index is 169. The maximum Gasteiger partial charge on any atom is 0.0620 e. The van der Waals surface area contributed by atoms with Crippen LogP contribution in [0, 0.1) is 0 Å². The normalized spacial score (nSPS) is 33.6. The molecular formula is C12H24N2O2. The number of morpholine rings is 1. The first-order chi connectivity index (χ1) is 7.84. The van der Waals surface area contributed by atoms with Crippen LogP contribution in [-0.4, -0.2) is 51.1 Å². The van der Waals surface area contributed by atoms with E-state index in [2.05, 4.69) is 17.6 Å². The Morgan fingerprint density at radius 2 is 2.19 bits per heavy atom. The van der Waals surface area contributed by atoms with E-state index in [9.17, 15) is 0 Å². The van der Waals surface area contributed by atoms with Gasteiger partial charge in [0.1, 0.15) is 0 Å². The summed E-state index contributed by atoms with van der Waals surface area (Å²) < 4.78 is 10.9. The summed E-state index contributed by atoms with van der Waals surface area (Å²) in [5.41, 5.74) is 0. The van der Waals surface area contributed by atoms with Crippen LogP contribution in [0.5, 0.6) is 0 Å². The van der Waals surface area contributed by atoms with Crippen molar-refractivity contribution in [3.05, 3.63) is 0 Å². The van der Waals surface area contributed by atoms with Crippen LogP contribution in [0.3, 0.4) is 0 Å². The molecule has 0 bridgehead atoms. The molecule has 0 saturated carbocycles. The molecule has 2 aliphatic heterocycles. The summed E-state index contributed by atoms with van der Waals surface area (Å²) >= 11 is 0. The Morgan fingerprint density at radius 3 is 2.88 bits per heavy atom. The average molecular weight is 228 g/mol. The largest absolute Gasteiger partial charge is 0.380 e. The van der Waals surface area contributed by atoms with E-state index >= 15 is 0 Å². The second-order valence-electron chi connectivity index (χ2n) is 4.94. The molecule has 0 aromatic carbocycles. The Morgan fingerprint density at radius 1 is 1.31 bits per heavy atom. The van der Waals surface area contributed by atoms with Crippen LogP contribution in [0.25, 0.3) is 0 Å². The standard InChI is InChI=1S/C12H24N2O2/c1-10(7-12-9-16-6-4-13-12)14-11-3-2-5-15-8-11/h10-14H,2-9H2,1H3. The molecule has 2 aliphatic rings. The fraction of sp³-hybridized carbons (Fsp3) is 1.00. The summed E-state index contributed by atoms with van der Waals surface area (Å²) in [4.78, 5) is 0. The highest BCUT2D eigenvalue weighted by molar-refractivity contribution is 4.79. The van der Waals surface area contributed by atoms with E-state index in [0.717, 1.165) is 39.4 Å². The van der Waals surface area contributed by atoms with E-state index in [1.165, 1.54) is 12.8 Å². The van der Waals surface area contributed by atoms with Crippen LogP contribution in [0.4, 0.5) is 0 Å². The highest BCUT2D eigenvalue weighted by atomic mass is 16.5. The molecule has 2 heterocycles. The van der Waals surface area contributed by atoms with Gasteiger partial charge in [0.2, 0.25) is 0 Å². The molecule has 0 aromatic rings. The molecule has 3 atom stereocenters. The summed E-state index contributed by atoms with van der Waals surface area (Å²) in [5, 5.41) is 7.14. The van der Waals surface area contributed by atoms with E-state index in [0.29, 0.717) is 18.1 Å². The van der Waals surface area contributed by atoms with Crippen LogP contribution in [0.1, 0.15) is 26.2 Å². The average Bonchev–Trinajstić information content (AvgIpc) is 2.31. The van der Waals surface area contributed by atoms with Crippen molar-refractivity contribution in [3.8, 4) is 0 Å². The van der Waals surface area contributed by atoms with E-state index in [4.69, 9.17) is 9.47 Å². The molecule has 4 heteroatoms. The molecule has 0 amide bonds. The first-order valence-corrected chi connectivity index (χ1v) is 6.49. The highest BCUT2D eigenvalue weighted by Gasteiger charge is 2.20. The molecule has 2 N–H and O–H groups in total. The molecule has 0 aliphatic carbocycles. The van der Waals surface area contributed by atoms with Gasteiger partial charge in [-0.05, 0) is 26.2 Å². The molecule has 16 heavy (non-hydrogen) atoms. The topological polar surface area (TPSA) is 42.5 Å². The zero-order valence-electron chi connectivity index (χ0n) is 10.2. The van der Waals surface area contributed by atoms with Gasteiger partial charge in [-0.25, -0.2) is 0 Å². The molecule has 2 rings (SSSR count). The number of hydrogen-bond acceptors (Lipinski definition) is 4. The van der Waals surface area contributed by atoms with Gasteiger partial charge >= 0.3 is 0 Å². The van der Waals surface area contributed by atoms with Crippen molar-refractivity contribution in [2.45, 2.75) is 44.3 Å². The quantitative estimate of drug-likeness (QED) is 0.736. The first-order valence-electron chi connectivity index (χ1n) is 6.49. The zero-order valence-corrected chi connectivity index (χ0v) is 10.2. The predicted octanol–water partition coefficient (Wildman–Crippen LogP) is 0.522. The number of ether oxygens (including phenoxy) is 2. The lowest BCUT2D eigenvalue weighted by atomic mass is 10.0. The van der Waals surface area contributed by atoms with Crippen LogP contribution < -0.4 is 10.6 Å². The summed E-state index contributed by atoms with van der Waals surface area (Å²) in [6.07, 6.45) is 3.57. The van der Waals surface area contributed by atoms with Crippen molar-refractivity contribution in [2.75, 3.05) is 33.0 Å². The lowest BCUT2D eigenvalue weighted by Gasteiger charge is -2.30. The maximum atomic E-state index is 5.47. The number of nitrogens with one attached hydrogen (secondary N) is 2. The lowest BCUT2D eigenvalue weighted by molar-refractivity contribution is 0.0572. The first kappa shape index (κ1) is 12.3. The third-order valence-corrected chi connectivity index (χ3v) is 3.32. The molecule has 2 saturated heterocycles. The molecule has 4 nitrogen and oxygen atoms in total. The minimum atomic E-state index is 0.515. The SMILES string of the molecule is CC(CC1COCCN1)NC1CCCOC1. The summed E-state index contributed by atoms with van der Waals surface area (Å²) in [7, 11) is 0. The van der Waals surface area contributed by atoms with Gasteiger partial charge < -0.3 is 20.1 Å². The molecule has 2 fully saturated rings. The molecular weight excluding hydrogens is 204 g/mol. The van der Waals surface area contributed by atoms with Crippen molar-refractivity contribution in [1.82, 2.24) is 10.6 Å². The maximum absolute atomic E-state index is 5.47. The fourth-order valence-electron chi connectivity index (χ4n) is 2.54. The molecule has 3 unspecified atom stereocenters. The van der Waals surface area contributed by atoms with Crippen molar-refractivity contribution in [1.29, 1.82) is 0 Å². The smallest absolute Gasteiger partial charge is 0.0620 e. The van der Waals surface area contributed by atoms with Crippen molar-refractivity contribution >= 4 is 0 Å². The Labute approximate surface area is 98.1 Å². The summed E-state index contributed by atoms with van der Waals surface area (Å²) in [6, 6.07) is 1.60. The van der Waals surface area contributed by atoms with Gasteiger partial charge in [0.15, 0.2) is 0 Å². The van der Waals surface area contributed by atoms with Crippen molar-refractivity contribution < 1.29 is 9.47 Å². The third-order valence-electron chi connectivity index (χ3n) is 3.32. The van der Waals surface area contributed by atoms with E-state index in [1.54, 1.807) is 0 Å². The summed E-state index contributed by atoms with van der Waals surface area (Å²) in [6.45, 7) is 6.76. The Balaban J connectivity index is 1.64. The minimum Gasteiger partial charge on any atom is -0.380 e. The lowest BCUT2D eigenvalue weighted by Crippen LogP contribution is -2.48. The Kier molecular flexibility index (Phi) is 5.03. The van der Waals surface area contributed by atoms with E-state index < -0.39 is 0 Å². The highest BCUT2D eigenvalue weighted by Crippen LogP contribution is 2.09. The summed E-state index contributed by atoms with van der Waals surface area (Å²) in [5.74, 6) is 0. The molecule has 0 radical (unpaired) electrons. The molecule has 94 valence electrons. The van der Waals surface area contributed by atoms with Gasteiger partial charge in [0.05, 0.1) is 19.8 Å². The minimum absolute atomic E-state index is 0.515. The monoisotopic (exact) mass is 228 g/mol. The van der Waals surface area contributed by atoms with Gasteiger partial charge in [-0.1, -0.05) is 0 Å². The van der Waals surface area contributed by atoms with Crippen LogP contribution in [-0.2, 0) is 9.47 Å². The van der Waals surface area contributed by atoms with Gasteiger partial charge in [-0.3, -0.25) is 0 Å². The van der Waals surface area contributed by atoms with Crippen LogP contribution in [0.15, 0.2) is 0 Å². The fourth-order valence-corrected chi connectivity index (χ4v) is 2.54. The van der Waals surface area contributed by atoms with E-state index in [1.807, 2.05) is 0 Å². The van der Waals surface area contributed by atoms with Gasteiger partial charge in [-0.2, -0.15) is 0 Å². The van der Waals surface area contributed by atoms with Crippen LogP contribution in [0.2, 0.25) is 0 Å². The van der Waals surface area contributed by atoms with Crippen LogP contribution >= 0.6 is 0 Å². The zero-order chi connectivity index (χ0) is 11.2. The van der Waals surface area contributed by atoms with Gasteiger partial charge in [0.25, 0.3) is 0 Å². The van der Waals surface area contributed by atoms with Gasteiger partial charge in [0, 0.05) is 31.3 Å². The van der Waals surface area contributed by atoms with Crippen molar-refractivity contribution in [3.63, 3.8) is 0 Å². The second kappa shape index (κ2) is 6.55. The second-order valence-corrected chi connectivity index (χ2v) is 4.94. The third kappa shape index (κ3) is 4.01. The number of rotatable bonds is 4. The number of hydrogen-bond donors (Lipinski definition) is 2. The predicted molar refractivity (Wildman–Crippen MR) is 63.7 cm³/mol.